The van der Waals surface area contributed by atoms with Crippen LogP contribution in [0, 0.1) is 0 Å². The van der Waals surface area contributed by atoms with Crippen LogP contribution >= 0.6 is 15.9 Å². The van der Waals surface area contributed by atoms with Crippen LogP contribution in [0.15, 0.2) is 28.7 Å². The molecule has 0 aliphatic carbocycles. The number of benzene rings is 1. The molecule has 0 aliphatic heterocycles. The summed E-state index contributed by atoms with van der Waals surface area (Å²) >= 11 is 3.37. The third-order valence-electron chi connectivity index (χ3n) is 3.16. The minimum atomic E-state index is -0.812. The zero-order chi connectivity index (χ0) is 12.9. The Labute approximate surface area is 110 Å². The number of aliphatic carboxylic acids is 1. The highest BCUT2D eigenvalue weighted by atomic mass is 79.9. The molecule has 0 bridgehead atoms. The first-order valence-electron chi connectivity index (χ1n) is 5.77. The van der Waals surface area contributed by atoms with Gasteiger partial charge in [-0.25, -0.2) is 0 Å². The van der Waals surface area contributed by atoms with E-state index in [1.165, 1.54) is 0 Å². The molecule has 0 heterocycles. The molecule has 3 nitrogen and oxygen atoms in total. The van der Waals surface area contributed by atoms with Gasteiger partial charge in [0.15, 0.2) is 0 Å². The first kappa shape index (κ1) is 14.2. The largest absolute Gasteiger partial charge is 0.480 e. The average molecular weight is 300 g/mol. The maximum atomic E-state index is 11.3. The Morgan fingerprint density at radius 2 is 1.82 bits per heavy atom. The fraction of sp³-hybridized carbons (Fsp3) is 0.462. The van der Waals surface area contributed by atoms with Gasteiger partial charge in [0.05, 0.1) is 0 Å². The van der Waals surface area contributed by atoms with E-state index < -0.39 is 11.5 Å². The molecule has 1 rings (SSSR count). The average Bonchev–Trinajstić information content (AvgIpc) is 2.33. The van der Waals surface area contributed by atoms with Crippen molar-refractivity contribution in [2.75, 3.05) is 0 Å². The minimum Gasteiger partial charge on any atom is -0.480 e. The van der Waals surface area contributed by atoms with Gasteiger partial charge in [-0.05, 0) is 30.5 Å². The van der Waals surface area contributed by atoms with E-state index in [9.17, 15) is 9.90 Å². The molecular weight excluding hydrogens is 282 g/mol. The first-order valence-corrected chi connectivity index (χ1v) is 6.56. The van der Waals surface area contributed by atoms with E-state index in [1.54, 1.807) is 0 Å². The number of halogens is 1. The van der Waals surface area contributed by atoms with Gasteiger partial charge in [-0.3, -0.25) is 10.1 Å². The molecular formula is C13H18BrNO2. The minimum absolute atomic E-state index is 0.571. The topological polar surface area (TPSA) is 49.3 Å². The molecule has 0 unspecified atom stereocenters. The van der Waals surface area contributed by atoms with E-state index in [2.05, 4.69) is 21.2 Å². The number of hydrogen-bond donors (Lipinski definition) is 2. The zero-order valence-corrected chi connectivity index (χ0v) is 11.8. The Morgan fingerprint density at radius 1 is 1.29 bits per heavy atom. The number of carboxylic acid groups (broad SMARTS) is 1. The highest BCUT2D eigenvalue weighted by Gasteiger charge is 2.33. The van der Waals surface area contributed by atoms with Crippen molar-refractivity contribution in [2.45, 2.75) is 38.8 Å². The molecule has 0 radical (unpaired) electrons. The third-order valence-corrected chi connectivity index (χ3v) is 3.69. The van der Waals surface area contributed by atoms with Crippen molar-refractivity contribution in [2.24, 2.45) is 0 Å². The first-order chi connectivity index (χ1) is 8.04. The number of carboxylic acids is 1. The van der Waals surface area contributed by atoms with E-state index in [1.807, 2.05) is 38.1 Å². The molecule has 0 atom stereocenters. The molecule has 1 aromatic rings. The van der Waals surface area contributed by atoms with Crippen LogP contribution in [0.2, 0.25) is 0 Å². The van der Waals surface area contributed by atoms with Gasteiger partial charge < -0.3 is 5.11 Å². The Morgan fingerprint density at radius 3 is 2.24 bits per heavy atom. The molecule has 0 aromatic heterocycles. The fourth-order valence-corrected chi connectivity index (χ4v) is 2.02. The van der Waals surface area contributed by atoms with Gasteiger partial charge in [0.25, 0.3) is 0 Å². The van der Waals surface area contributed by atoms with Gasteiger partial charge in [0, 0.05) is 11.0 Å². The molecule has 0 aliphatic rings. The van der Waals surface area contributed by atoms with Crippen LogP contribution in [0.25, 0.3) is 0 Å². The zero-order valence-electron chi connectivity index (χ0n) is 10.2. The van der Waals surface area contributed by atoms with Gasteiger partial charge in [0.2, 0.25) is 0 Å². The van der Waals surface area contributed by atoms with Crippen molar-refractivity contribution >= 4 is 21.9 Å². The SMILES string of the molecule is CCC(CC)(NCc1ccc(Br)cc1)C(=O)O. The number of carbonyl (C=O) groups is 1. The van der Waals surface area contributed by atoms with Crippen LogP contribution in [0.1, 0.15) is 32.3 Å². The molecule has 1 aromatic carbocycles. The Balaban J connectivity index is 2.70. The molecule has 94 valence electrons. The summed E-state index contributed by atoms with van der Waals surface area (Å²) in [7, 11) is 0. The highest BCUT2D eigenvalue weighted by Crippen LogP contribution is 2.17. The number of nitrogens with one attached hydrogen (secondary N) is 1. The van der Waals surface area contributed by atoms with Crippen molar-refractivity contribution in [3.05, 3.63) is 34.3 Å². The van der Waals surface area contributed by atoms with E-state index in [0.29, 0.717) is 19.4 Å². The van der Waals surface area contributed by atoms with Crippen molar-refractivity contribution in [1.29, 1.82) is 0 Å². The summed E-state index contributed by atoms with van der Waals surface area (Å²) in [5.74, 6) is -0.778. The fourth-order valence-electron chi connectivity index (χ4n) is 1.75. The molecule has 0 amide bonds. The van der Waals surface area contributed by atoms with E-state index in [0.717, 1.165) is 10.0 Å². The predicted octanol–water partition coefficient (Wildman–Crippen LogP) is 3.18. The lowest BCUT2D eigenvalue weighted by Crippen LogP contribution is -2.50. The number of hydrogen-bond acceptors (Lipinski definition) is 2. The second-order valence-electron chi connectivity index (χ2n) is 4.07. The Kier molecular flexibility index (Phi) is 5.15. The summed E-state index contributed by atoms with van der Waals surface area (Å²) in [5.41, 5.74) is 0.272. The quantitative estimate of drug-likeness (QED) is 0.848. The van der Waals surface area contributed by atoms with Crippen LogP contribution < -0.4 is 5.32 Å². The van der Waals surface area contributed by atoms with Crippen LogP contribution in [-0.2, 0) is 11.3 Å². The monoisotopic (exact) mass is 299 g/mol. The summed E-state index contributed by atoms with van der Waals surface area (Å²) in [6.07, 6.45) is 1.16. The van der Waals surface area contributed by atoms with Crippen LogP contribution in [0.5, 0.6) is 0 Å². The van der Waals surface area contributed by atoms with Crippen molar-refractivity contribution in [1.82, 2.24) is 5.32 Å². The lowest BCUT2D eigenvalue weighted by atomic mass is 9.92. The molecule has 17 heavy (non-hydrogen) atoms. The molecule has 0 saturated carbocycles. The van der Waals surface area contributed by atoms with Gasteiger partial charge in [-0.1, -0.05) is 41.9 Å². The van der Waals surface area contributed by atoms with Gasteiger partial charge in [-0.2, -0.15) is 0 Å². The summed E-state index contributed by atoms with van der Waals surface area (Å²) in [5, 5.41) is 12.4. The van der Waals surface area contributed by atoms with Crippen LogP contribution in [0.3, 0.4) is 0 Å². The van der Waals surface area contributed by atoms with Crippen LogP contribution in [-0.4, -0.2) is 16.6 Å². The molecule has 2 N–H and O–H groups in total. The lowest BCUT2D eigenvalue weighted by Gasteiger charge is -2.28. The maximum absolute atomic E-state index is 11.3. The lowest BCUT2D eigenvalue weighted by molar-refractivity contribution is -0.145. The van der Waals surface area contributed by atoms with Crippen molar-refractivity contribution < 1.29 is 9.90 Å². The van der Waals surface area contributed by atoms with E-state index in [-0.39, 0.29) is 0 Å². The Bertz CT molecular complexity index is 372. The smallest absolute Gasteiger partial charge is 0.323 e. The van der Waals surface area contributed by atoms with E-state index in [4.69, 9.17) is 0 Å². The van der Waals surface area contributed by atoms with Gasteiger partial charge >= 0.3 is 5.97 Å². The molecule has 4 heteroatoms. The van der Waals surface area contributed by atoms with Gasteiger partial charge in [-0.15, -0.1) is 0 Å². The van der Waals surface area contributed by atoms with Crippen LogP contribution in [0.4, 0.5) is 0 Å². The molecule has 0 spiro atoms. The molecule has 0 saturated heterocycles. The normalized spacial score (nSPS) is 11.5. The predicted molar refractivity (Wildman–Crippen MR) is 71.9 cm³/mol. The third kappa shape index (κ3) is 3.54. The standard InChI is InChI=1S/C13H18BrNO2/c1-3-13(4-2,12(16)17)15-9-10-5-7-11(14)8-6-10/h5-8,15H,3-4,9H2,1-2H3,(H,16,17). The summed E-state index contributed by atoms with van der Waals surface area (Å²) in [6.45, 7) is 4.36. The van der Waals surface area contributed by atoms with Gasteiger partial charge in [0.1, 0.15) is 5.54 Å². The second-order valence-corrected chi connectivity index (χ2v) is 4.99. The van der Waals surface area contributed by atoms with E-state index >= 15 is 0 Å². The van der Waals surface area contributed by atoms with Crippen molar-refractivity contribution in [3.63, 3.8) is 0 Å². The molecule has 0 fully saturated rings. The highest BCUT2D eigenvalue weighted by molar-refractivity contribution is 9.10. The van der Waals surface area contributed by atoms with Crippen molar-refractivity contribution in [3.8, 4) is 0 Å². The summed E-state index contributed by atoms with van der Waals surface area (Å²) in [6, 6.07) is 7.87. The Hall–Kier alpha value is -0.870. The maximum Gasteiger partial charge on any atom is 0.323 e. The summed E-state index contributed by atoms with van der Waals surface area (Å²) in [4.78, 5) is 11.3. The number of rotatable bonds is 6. The summed E-state index contributed by atoms with van der Waals surface area (Å²) < 4.78 is 1.02. The second kappa shape index (κ2) is 6.17.